The fourth-order valence-corrected chi connectivity index (χ4v) is 4.75. The molecule has 2 aromatic carbocycles. The Morgan fingerprint density at radius 1 is 0.900 bits per heavy atom. The topological polar surface area (TPSA) is 23.6 Å². The first-order valence-electron chi connectivity index (χ1n) is 11.7. The van der Waals surface area contributed by atoms with E-state index >= 15 is 0 Å². The summed E-state index contributed by atoms with van der Waals surface area (Å²) < 4.78 is 0. The molecule has 3 heteroatoms. The Labute approximate surface area is 183 Å². The smallest absolute Gasteiger partial charge is 0.239 e. The number of amides is 1. The average molecular weight is 407 g/mol. The summed E-state index contributed by atoms with van der Waals surface area (Å²) >= 11 is 0. The van der Waals surface area contributed by atoms with Crippen molar-refractivity contribution in [2.45, 2.75) is 65.3 Å². The van der Waals surface area contributed by atoms with E-state index in [2.05, 4.69) is 81.1 Å². The molecule has 3 rings (SSSR count). The number of nitrogens with zero attached hydrogens (tertiary/aromatic N) is 2. The van der Waals surface area contributed by atoms with E-state index in [0.29, 0.717) is 6.54 Å². The molecule has 0 spiro atoms. The molecule has 2 aromatic rings. The zero-order chi connectivity index (χ0) is 21.6. The molecule has 0 fully saturated rings. The lowest BCUT2D eigenvalue weighted by Gasteiger charge is -2.38. The summed E-state index contributed by atoms with van der Waals surface area (Å²) in [4.78, 5) is 18.7. The SMILES string of the molecule is CCCCN(CCCC)CC1(C(C)C)C(=O)N(Cc2ccccc2)c2ccccc21. The van der Waals surface area contributed by atoms with E-state index in [1.807, 2.05) is 11.0 Å². The number of carbonyl (C=O) groups is 1. The van der Waals surface area contributed by atoms with Gasteiger partial charge in [0.2, 0.25) is 5.91 Å². The summed E-state index contributed by atoms with van der Waals surface area (Å²) in [6.07, 6.45) is 4.73. The first-order chi connectivity index (χ1) is 14.5. The largest absolute Gasteiger partial charge is 0.307 e. The van der Waals surface area contributed by atoms with Crippen LogP contribution >= 0.6 is 0 Å². The van der Waals surface area contributed by atoms with E-state index in [0.717, 1.165) is 25.3 Å². The molecule has 0 bridgehead atoms. The molecule has 0 saturated carbocycles. The van der Waals surface area contributed by atoms with Crippen LogP contribution in [0.3, 0.4) is 0 Å². The summed E-state index contributed by atoms with van der Waals surface area (Å²) in [5.41, 5.74) is 2.99. The Kier molecular flexibility index (Phi) is 7.71. The van der Waals surface area contributed by atoms with Gasteiger partial charge in [0.05, 0.1) is 12.0 Å². The van der Waals surface area contributed by atoms with E-state index in [9.17, 15) is 4.79 Å². The van der Waals surface area contributed by atoms with Crippen LogP contribution < -0.4 is 4.90 Å². The number of carbonyl (C=O) groups excluding carboxylic acids is 1. The highest BCUT2D eigenvalue weighted by atomic mass is 16.2. The molecule has 162 valence electrons. The molecule has 30 heavy (non-hydrogen) atoms. The minimum absolute atomic E-state index is 0.234. The van der Waals surface area contributed by atoms with Crippen LogP contribution in [0.5, 0.6) is 0 Å². The second-order valence-corrected chi connectivity index (χ2v) is 9.00. The van der Waals surface area contributed by atoms with Gasteiger partial charge in [-0.25, -0.2) is 0 Å². The molecule has 0 aliphatic carbocycles. The maximum Gasteiger partial charge on any atom is 0.239 e. The van der Waals surface area contributed by atoms with E-state index in [1.54, 1.807) is 0 Å². The lowest BCUT2D eigenvalue weighted by Crippen LogP contribution is -2.51. The maximum atomic E-state index is 14.1. The van der Waals surface area contributed by atoms with Gasteiger partial charge >= 0.3 is 0 Å². The molecule has 1 aliphatic heterocycles. The van der Waals surface area contributed by atoms with E-state index < -0.39 is 5.41 Å². The van der Waals surface area contributed by atoms with E-state index in [-0.39, 0.29) is 11.8 Å². The minimum atomic E-state index is -0.479. The molecular formula is C27H38N2O. The molecule has 1 aliphatic rings. The molecular weight excluding hydrogens is 368 g/mol. The van der Waals surface area contributed by atoms with Crippen LogP contribution in [0.15, 0.2) is 54.6 Å². The van der Waals surface area contributed by atoms with Crippen LogP contribution in [0.4, 0.5) is 5.69 Å². The van der Waals surface area contributed by atoms with Gasteiger partial charge in [-0.1, -0.05) is 89.1 Å². The fourth-order valence-electron chi connectivity index (χ4n) is 4.75. The lowest BCUT2D eigenvalue weighted by atomic mass is 9.72. The zero-order valence-electron chi connectivity index (χ0n) is 19.2. The third kappa shape index (κ3) is 4.46. The van der Waals surface area contributed by atoms with Gasteiger partial charge in [-0.3, -0.25) is 4.79 Å². The van der Waals surface area contributed by atoms with Crippen LogP contribution in [0.2, 0.25) is 0 Å². The summed E-state index contributed by atoms with van der Waals surface area (Å²) in [7, 11) is 0. The number of hydrogen-bond acceptors (Lipinski definition) is 2. The first-order valence-corrected chi connectivity index (χ1v) is 11.7. The number of unbranched alkanes of at least 4 members (excludes halogenated alkanes) is 2. The van der Waals surface area contributed by atoms with Gasteiger partial charge in [-0.05, 0) is 49.0 Å². The zero-order valence-corrected chi connectivity index (χ0v) is 19.2. The number of rotatable bonds is 11. The summed E-state index contributed by atoms with van der Waals surface area (Å²) in [5.74, 6) is 0.498. The van der Waals surface area contributed by atoms with Crippen molar-refractivity contribution in [3.63, 3.8) is 0 Å². The molecule has 0 aromatic heterocycles. The molecule has 1 unspecified atom stereocenters. The number of fused-ring (bicyclic) bond motifs is 1. The quantitative estimate of drug-likeness (QED) is 0.455. The molecule has 1 atom stereocenters. The summed E-state index contributed by atoms with van der Waals surface area (Å²) in [6.45, 7) is 12.5. The van der Waals surface area contributed by atoms with Gasteiger partial charge in [-0.2, -0.15) is 0 Å². The van der Waals surface area contributed by atoms with Crippen LogP contribution in [0.1, 0.15) is 64.5 Å². The number of hydrogen-bond donors (Lipinski definition) is 0. The Balaban J connectivity index is 1.99. The van der Waals surface area contributed by atoms with Crippen LogP contribution in [0, 0.1) is 5.92 Å². The standard InChI is InChI=1S/C27H38N2O/c1-5-7-18-28(19-8-6-2)21-27(22(3)4)24-16-12-13-17-25(24)29(26(27)30)20-23-14-10-9-11-15-23/h9-17,22H,5-8,18-21H2,1-4H3. The molecule has 1 heterocycles. The van der Waals surface area contributed by atoms with Gasteiger partial charge in [0, 0.05) is 12.2 Å². The van der Waals surface area contributed by atoms with Gasteiger partial charge in [0.1, 0.15) is 0 Å². The van der Waals surface area contributed by atoms with E-state index in [1.165, 1.54) is 36.8 Å². The van der Waals surface area contributed by atoms with Crippen LogP contribution in [0.25, 0.3) is 0 Å². The molecule has 0 radical (unpaired) electrons. The first kappa shape index (κ1) is 22.6. The molecule has 1 amide bonds. The van der Waals surface area contributed by atoms with Gasteiger partial charge in [0.15, 0.2) is 0 Å². The number of benzene rings is 2. The number of anilines is 1. The highest BCUT2D eigenvalue weighted by Crippen LogP contribution is 2.47. The Morgan fingerprint density at radius 3 is 2.10 bits per heavy atom. The normalized spacial score (nSPS) is 18.5. The molecule has 0 saturated heterocycles. The predicted octanol–water partition coefficient (Wildman–Crippen LogP) is 6.03. The average Bonchev–Trinajstić information content (AvgIpc) is 3.00. The molecule has 0 N–H and O–H groups in total. The minimum Gasteiger partial charge on any atom is -0.307 e. The van der Waals surface area contributed by atoms with E-state index in [4.69, 9.17) is 0 Å². The second kappa shape index (κ2) is 10.3. The maximum absolute atomic E-state index is 14.1. The Morgan fingerprint density at radius 2 is 1.50 bits per heavy atom. The van der Waals surface area contributed by atoms with Crippen LogP contribution in [-0.4, -0.2) is 30.4 Å². The number of para-hydroxylation sites is 1. The monoisotopic (exact) mass is 406 g/mol. The van der Waals surface area contributed by atoms with Crippen molar-refractivity contribution in [1.29, 1.82) is 0 Å². The van der Waals surface area contributed by atoms with Gasteiger partial charge in [-0.15, -0.1) is 0 Å². The highest BCUT2D eigenvalue weighted by molar-refractivity contribution is 6.08. The third-order valence-corrected chi connectivity index (χ3v) is 6.60. The van der Waals surface area contributed by atoms with Gasteiger partial charge in [0.25, 0.3) is 0 Å². The fraction of sp³-hybridized carbons (Fsp3) is 0.519. The van der Waals surface area contributed by atoms with Crippen LogP contribution in [-0.2, 0) is 16.8 Å². The van der Waals surface area contributed by atoms with Gasteiger partial charge < -0.3 is 9.80 Å². The lowest BCUT2D eigenvalue weighted by molar-refractivity contribution is -0.125. The van der Waals surface area contributed by atoms with Crippen molar-refractivity contribution in [3.05, 3.63) is 65.7 Å². The van der Waals surface area contributed by atoms with Crippen molar-refractivity contribution in [2.75, 3.05) is 24.5 Å². The summed E-state index contributed by atoms with van der Waals surface area (Å²) in [6, 6.07) is 18.8. The Hall–Kier alpha value is -2.13. The molecule has 3 nitrogen and oxygen atoms in total. The third-order valence-electron chi connectivity index (χ3n) is 6.60. The van der Waals surface area contributed by atoms with Crippen molar-refractivity contribution in [3.8, 4) is 0 Å². The van der Waals surface area contributed by atoms with Crippen molar-refractivity contribution < 1.29 is 4.79 Å². The van der Waals surface area contributed by atoms with Crippen molar-refractivity contribution >= 4 is 11.6 Å². The van der Waals surface area contributed by atoms with Crippen molar-refractivity contribution in [2.24, 2.45) is 5.92 Å². The van der Waals surface area contributed by atoms with Crippen molar-refractivity contribution in [1.82, 2.24) is 4.90 Å². The predicted molar refractivity (Wildman–Crippen MR) is 127 cm³/mol. The summed E-state index contributed by atoms with van der Waals surface area (Å²) in [5, 5.41) is 0. The second-order valence-electron chi connectivity index (χ2n) is 9.00. The Bertz CT molecular complexity index is 809. The highest BCUT2D eigenvalue weighted by Gasteiger charge is 2.53.